The number of allylic oxidation sites excluding steroid dienone is 1. The van der Waals surface area contributed by atoms with Crippen molar-refractivity contribution in [1.29, 1.82) is 0 Å². The Morgan fingerprint density at radius 3 is 1.91 bits per heavy atom. The smallest absolute Gasteiger partial charge is 0.0642 e. The van der Waals surface area contributed by atoms with E-state index in [-0.39, 0.29) is 0 Å². The van der Waals surface area contributed by atoms with E-state index in [2.05, 4.69) is 170 Å². The van der Waals surface area contributed by atoms with E-state index in [1.54, 1.807) is 0 Å². The SMILES string of the molecule is Cc1ccc(C2=Cc3c(n(-c4cccnc4)c4cc5c(cc34)C(C)C(C)c3cc4c6cc(-c7ccc(C)c(C)c7)ccc6n(-c6cc[nH]c6)c4cc3-5)CC2)cc1C. The highest BCUT2D eigenvalue weighted by Crippen LogP contribution is 2.52. The first-order valence-corrected chi connectivity index (χ1v) is 20.5. The van der Waals surface area contributed by atoms with Gasteiger partial charge in [0.05, 0.1) is 34.1 Å². The number of aromatic nitrogens is 4. The molecule has 0 spiro atoms. The normalized spacial score (nSPS) is 16.2. The molecule has 11 rings (SSSR count). The van der Waals surface area contributed by atoms with Crippen molar-refractivity contribution in [3.8, 4) is 33.6 Å². The van der Waals surface area contributed by atoms with Crippen LogP contribution in [0.2, 0.25) is 0 Å². The number of fused-ring (bicyclic) bond motifs is 9. The van der Waals surface area contributed by atoms with Crippen molar-refractivity contribution in [1.82, 2.24) is 19.1 Å². The fraction of sp³-hybridized carbons (Fsp3) is 0.189. The Kier molecular flexibility index (Phi) is 7.47. The van der Waals surface area contributed by atoms with Crippen LogP contribution in [-0.2, 0) is 6.42 Å². The molecule has 4 aromatic heterocycles. The molecule has 2 aliphatic rings. The lowest BCUT2D eigenvalue weighted by Crippen LogP contribution is -2.13. The van der Waals surface area contributed by atoms with Gasteiger partial charge in [-0.3, -0.25) is 4.98 Å². The molecule has 1 N–H and O–H groups in total. The number of pyridine rings is 1. The maximum absolute atomic E-state index is 4.60. The highest BCUT2D eigenvalue weighted by Gasteiger charge is 2.32. The maximum atomic E-state index is 4.60. The summed E-state index contributed by atoms with van der Waals surface area (Å²) in [4.78, 5) is 7.94. The predicted molar refractivity (Wildman–Crippen MR) is 239 cm³/mol. The topological polar surface area (TPSA) is 38.5 Å². The summed E-state index contributed by atoms with van der Waals surface area (Å²) in [5.74, 6) is 0.698. The van der Waals surface area contributed by atoms with Crippen molar-refractivity contribution in [2.24, 2.45) is 0 Å². The van der Waals surface area contributed by atoms with Crippen LogP contribution in [0.5, 0.6) is 0 Å². The van der Waals surface area contributed by atoms with Crippen molar-refractivity contribution in [2.75, 3.05) is 0 Å². The first-order valence-electron chi connectivity index (χ1n) is 20.5. The zero-order valence-corrected chi connectivity index (χ0v) is 33.5. The maximum Gasteiger partial charge on any atom is 0.0642 e. The van der Waals surface area contributed by atoms with Gasteiger partial charge in [0.1, 0.15) is 0 Å². The third-order valence-electron chi connectivity index (χ3n) is 13.6. The van der Waals surface area contributed by atoms with Gasteiger partial charge in [0, 0.05) is 46.0 Å². The zero-order chi connectivity index (χ0) is 38.7. The van der Waals surface area contributed by atoms with Crippen LogP contribution in [0.4, 0.5) is 0 Å². The Balaban J connectivity index is 1.17. The molecule has 4 heteroatoms. The summed E-state index contributed by atoms with van der Waals surface area (Å²) >= 11 is 0. The number of H-pyrrole nitrogens is 1. The van der Waals surface area contributed by atoms with E-state index in [1.165, 1.54) is 111 Å². The minimum Gasteiger partial charge on any atom is -0.366 e. The van der Waals surface area contributed by atoms with Gasteiger partial charge >= 0.3 is 0 Å². The number of hydrogen-bond acceptors (Lipinski definition) is 1. The van der Waals surface area contributed by atoms with Gasteiger partial charge in [-0.15, -0.1) is 0 Å². The molecular weight excluding hydrogens is 693 g/mol. The van der Waals surface area contributed by atoms with Crippen LogP contribution in [0.3, 0.4) is 0 Å². The van der Waals surface area contributed by atoms with Gasteiger partial charge in [-0.1, -0.05) is 56.3 Å². The Hall–Kier alpha value is -6.39. The van der Waals surface area contributed by atoms with E-state index in [0.29, 0.717) is 11.8 Å². The van der Waals surface area contributed by atoms with E-state index in [4.69, 9.17) is 0 Å². The summed E-state index contributed by atoms with van der Waals surface area (Å²) in [5, 5.41) is 3.92. The lowest BCUT2D eigenvalue weighted by Gasteiger charge is -2.32. The van der Waals surface area contributed by atoms with Gasteiger partial charge in [0.15, 0.2) is 0 Å². The van der Waals surface area contributed by atoms with Gasteiger partial charge in [0.25, 0.3) is 0 Å². The average Bonchev–Trinajstić information content (AvgIpc) is 3.95. The van der Waals surface area contributed by atoms with Crippen LogP contribution >= 0.6 is 0 Å². The monoisotopic (exact) mass is 738 g/mol. The zero-order valence-electron chi connectivity index (χ0n) is 33.5. The Bertz CT molecular complexity index is 3130. The van der Waals surface area contributed by atoms with Crippen molar-refractivity contribution in [2.45, 2.75) is 66.2 Å². The van der Waals surface area contributed by atoms with Gasteiger partial charge in [-0.2, -0.15) is 0 Å². The minimum atomic E-state index is 0.348. The Morgan fingerprint density at radius 1 is 0.579 bits per heavy atom. The third-order valence-corrected chi connectivity index (χ3v) is 13.6. The van der Waals surface area contributed by atoms with Crippen LogP contribution in [0.25, 0.3) is 78.0 Å². The molecule has 0 aliphatic heterocycles. The number of benzene rings is 5. The third kappa shape index (κ3) is 5.09. The fourth-order valence-electron chi connectivity index (χ4n) is 9.96. The largest absolute Gasteiger partial charge is 0.366 e. The molecule has 0 saturated heterocycles. The van der Waals surface area contributed by atoms with Gasteiger partial charge in [-0.25, -0.2) is 0 Å². The highest BCUT2D eigenvalue weighted by molar-refractivity contribution is 6.12. The molecule has 2 aliphatic carbocycles. The van der Waals surface area contributed by atoms with E-state index in [9.17, 15) is 0 Å². The number of aromatic amines is 1. The van der Waals surface area contributed by atoms with Crippen LogP contribution in [-0.4, -0.2) is 19.1 Å². The fourth-order valence-corrected chi connectivity index (χ4v) is 9.96. The van der Waals surface area contributed by atoms with Crippen LogP contribution in [0.15, 0.2) is 122 Å². The standard InChI is InChI=1S/C53H46N4/c1-30-9-11-36(20-32(30)3)38-13-15-50-46(22-38)48-24-42-34(5)35(6)43-25-49-47-23-39(37-12-10-31(2)33(4)21-37)14-16-51(47)57(41-17-19-55-29-41)53(49)27-45(43)44(42)26-52(48)56(50)40-8-7-18-54-28-40/h7-12,14,16-29,34-35,55H,13,15H2,1-6H3. The molecular formula is C53H46N4. The predicted octanol–water partition coefficient (Wildman–Crippen LogP) is 13.7. The number of nitrogens with zero attached hydrogens (tertiary/aromatic N) is 3. The molecule has 0 radical (unpaired) electrons. The second-order valence-corrected chi connectivity index (χ2v) is 16.8. The molecule has 5 aromatic carbocycles. The molecule has 0 saturated carbocycles. The summed E-state index contributed by atoms with van der Waals surface area (Å²) in [6.07, 6.45) is 12.5. The summed E-state index contributed by atoms with van der Waals surface area (Å²) < 4.78 is 4.94. The quantitative estimate of drug-likeness (QED) is 0.192. The molecule has 4 heterocycles. The molecule has 2 unspecified atom stereocenters. The van der Waals surface area contributed by atoms with E-state index >= 15 is 0 Å². The number of rotatable bonds is 4. The lowest BCUT2D eigenvalue weighted by atomic mass is 9.72. The molecule has 0 amide bonds. The summed E-state index contributed by atoms with van der Waals surface area (Å²) in [6.45, 7) is 13.7. The molecule has 0 fully saturated rings. The van der Waals surface area contributed by atoms with Crippen LogP contribution in [0, 0.1) is 27.7 Å². The molecule has 9 aromatic rings. The van der Waals surface area contributed by atoms with Crippen LogP contribution in [0.1, 0.15) is 82.3 Å². The lowest BCUT2D eigenvalue weighted by molar-refractivity contribution is 0.617. The first kappa shape index (κ1) is 33.9. The average molecular weight is 739 g/mol. The second kappa shape index (κ2) is 12.6. The molecule has 4 nitrogen and oxygen atoms in total. The Labute approximate surface area is 334 Å². The van der Waals surface area contributed by atoms with E-state index in [1.807, 2.05) is 18.6 Å². The summed E-state index contributed by atoms with van der Waals surface area (Å²) in [7, 11) is 0. The molecule has 278 valence electrons. The Morgan fingerprint density at radius 2 is 1.23 bits per heavy atom. The summed E-state index contributed by atoms with van der Waals surface area (Å²) in [6, 6.07) is 37.3. The van der Waals surface area contributed by atoms with Crippen molar-refractivity contribution in [3.05, 3.63) is 172 Å². The van der Waals surface area contributed by atoms with Crippen molar-refractivity contribution < 1.29 is 0 Å². The first-order chi connectivity index (χ1) is 27.7. The second-order valence-electron chi connectivity index (χ2n) is 16.8. The van der Waals surface area contributed by atoms with E-state index in [0.717, 1.165) is 24.2 Å². The van der Waals surface area contributed by atoms with Crippen molar-refractivity contribution >= 4 is 44.4 Å². The van der Waals surface area contributed by atoms with Gasteiger partial charge in [0.2, 0.25) is 0 Å². The van der Waals surface area contributed by atoms with Crippen molar-refractivity contribution in [3.63, 3.8) is 0 Å². The number of nitrogens with one attached hydrogen (secondary N) is 1. The number of aryl methyl sites for hydroxylation is 4. The highest BCUT2D eigenvalue weighted by atomic mass is 15.0. The van der Waals surface area contributed by atoms with Gasteiger partial charge < -0.3 is 14.1 Å². The molecule has 2 atom stereocenters. The van der Waals surface area contributed by atoms with E-state index < -0.39 is 0 Å². The molecule has 0 bridgehead atoms. The number of hydrogen-bond donors (Lipinski definition) is 1. The molecule has 57 heavy (non-hydrogen) atoms. The summed E-state index contributed by atoms with van der Waals surface area (Å²) in [5.41, 5.74) is 24.8. The van der Waals surface area contributed by atoms with Gasteiger partial charge in [-0.05, 0) is 180 Å². The van der Waals surface area contributed by atoms with Crippen LogP contribution < -0.4 is 0 Å². The minimum absolute atomic E-state index is 0.348.